The van der Waals surface area contributed by atoms with E-state index in [2.05, 4.69) is 5.32 Å². The molecular weight excluding hydrogens is 276 g/mol. The molecule has 0 aliphatic heterocycles. The highest BCUT2D eigenvalue weighted by Gasteiger charge is 2.12. The molecule has 0 fully saturated rings. The van der Waals surface area contributed by atoms with Gasteiger partial charge in [0, 0.05) is 5.56 Å². The number of nitrogens with one attached hydrogen (secondary N) is 1. The summed E-state index contributed by atoms with van der Waals surface area (Å²) in [6.45, 7) is 1.91. The summed E-state index contributed by atoms with van der Waals surface area (Å²) in [6, 6.07) is 11.4. The van der Waals surface area contributed by atoms with Gasteiger partial charge in [-0.1, -0.05) is 29.8 Å². The molecule has 0 heterocycles. The van der Waals surface area contributed by atoms with Crippen LogP contribution in [-0.4, -0.2) is 23.1 Å². The molecule has 3 N–H and O–H groups in total. The van der Waals surface area contributed by atoms with Crippen LogP contribution in [-0.2, 0) is 0 Å². The minimum absolute atomic E-state index is 0.310. The van der Waals surface area contributed by atoms with Crippen LogP contribution in [0.2, 0.25) is 5.02 Å². The summed E-state index contributed by atoms with van der Waals surface area (Å²) in [5.41, 5.74) is 2.28. The molecule has 0 atom stereocenters. The van der Waals surface area contributed by atoms with Crippen molar-refractivity contribution in [1.29, 1.82) is 0 Å². The highest BCUT2D eigenvalue weighted by molar-refractivity contribution is 6.58. The lowest BCUT2D eigenvalue weighted by Gasteiger charge is -2.08. The average Bonchev–Trinajstić information content (AvgIpc) is 2.42. The molecule has 0 saturated heterocycles. The van der Waals surface area contributed by atoms with Crippen molar-refractivity contribution in [2.75, 3.05) is 5.32 Å². The normalized spacial score (nSPS) is 10.2. The van der Waals surface area contributed by atoms with E-state index in [1.54, 1.807) is 12.1 Å². The monoisotopic (exact) mass is 289 g/mol. The van der Waals surface area contributed by atoms with Crippen molar-refractivity contribution < 1.29 is 14.8 Å². The molecule has 2 aromatic rings. The Morgan fingerprint density at radius 1 is 1.15 bits per heavy atom. The van der Waals surface area contributed by atoms with Gasteiger partial charge in [0.15, 0.2) is 0 Å². The molecule has 4 nitrogen and oxygen atoms in total. The van der Waals surface area contributed by atoms with Gasteiger partial charge in [0.25, 0.3) is 5.91 Å². The van der Waals surface area contributed by atoms with Gasteiger partial charge in [-0.3, -0.25) is 4.79 Å². The maximum atomic E-state index is 12.0. The third-order valence-corrected chi connectivity index (χ3v) is 3.16. The lowest BCUT2D eigenvalue weighted by Crippen LogP contribution is -2.29. The van der Waals surface area contributed by atoms with Crippen molar-refractivity contribution in [2.24, 2.45) is 0 Å². The van der Waals surface area contributed by atoms with Gasteiger partial charge in [0.2, 0.25) is 0 Å². The standard InChI is InChI=1S/C14H13BClNO3/c1-9-2-7-13(12(16)8-9)17-14(18)10-3-5-11(6-4-10)15(19)20/h2-8,19-20H,1H3,(H,17,18). The van der Waals surface area contributed by atoms with Crippen LogP contribution >= 0.6 is 11.6 Å². The van der Waals surface area contributed by atoms with Gasteiger partial charge in [0.05, 0.1) is 10.7 Å². The molecule has 2 aromatic carbocycles. The van der Waals surface area contributed by atoms with Crippen LogP contribution in [0.5, 0.6) is 0 Å². The van der Waals surface area contributed by atoms with Gasteiger partial charge in [-0.25, -0.2) is 0 Å². The lowest BCUT2D eigenvalue weighted by molar-refractivity contribution is 0.102. The summed E-state index contributed by atoms with van der Waals surface area (Å²) < 4.78 is 0. The number of benzene rings is 2. The quantitative estimate of drug-likeness (QED) is 0.751. The molecule has 102 valence electrons. The van der Waals surface area contributed by atoms with E-state index in [0.29, 0.717) is 21.7 Å². The fraction of sp³-hybridized carbons (Fsp3) is 0.0714. The van der Waals surface area contributed by atoms with E-state index >= 15 is 0 Å². The summed E-state index contributed by atoms with van der Waals surface area (Å²) in [7, 11) is -1.54. The second-order valence-corrected chi connectivity index (χ2v) is 4.84. The van der Waals surface area contributed by atoms with Crippen molar-refractivity contribution in [3.8, 4) is 0 Å². The number of hydrogen-bond acceptors (Lipinski definition) is 3. The van der Waals surface area contributed by atoms with Crippen LogP contribution in [0.3, 0.4) is 0 Å². The topological polar surface area (TPSA) is 69.6 Å². The van der Waals surface area contributed by atoms with E-state index < -0.39 is 7.12 Å². The van der Waals surface area contributed by atoms with Crippen LogP contribution in [0.15, 0.2) is 42.5 Å². The molecule has 1 amide bonds. The summed E-state index contributed by atoms with van der Waals surface area (Å²) in [6.07, 6.45) is 0. The molecule has 20 heavy (non-hydrogen) atoms. The maximum absolute atomic E-state index is 12.0. The van der Waals surface area contributed by atoms with E-state index in [-0.39, 0.29) is 5.91 Å². The number of amides is 1. The van der Waals surface area contributed by atoms with E-state index in [1.165, 1.54) is 24.3 Å². The average molecular weight is 290 g/mol. The minimum atomic E-state index is -1.54. The third-order valence-electron chi connectivity index (χ3n) is 2.84. The van der Waals surface area contributed by atoms with E-state index in [0.717, 1.165) is 5.56 Å². The zero-order chi connectivity index (χ0) is 14.7. The van der Waals surface area contributed by atoms with Crippen molar-refractivity contribution in [1.82, 2.24) is 0 Å². The first kappa shape index (κ1) is 14.6. The van der Waals surface area contributed by atoms with Crippen molar-refractivity contribution >= 4 is 35.8 Å². The zero-order valence-corrected chi connectivity index (χ0v) is 11.6. The molecule has 0 saturated carbocycles. The Bertz CT molecular complexity index is 629. The van der Waals surface area contributed by atoms with Crippen LogP contribution in [0.25, 0.3) is 0 Å². The smallest absolute Gasteiger partial charge is 0.423 e. The van der Waals surface area contributed by atoms with Gasteiger partial charge >= 0.3 is 7.12 Å². The number of carbonyl (C=O) groups excluding carboxylic acids is 1. The zero-order valence-electron chi connectivity index (χ0n) is 10.8. The molecule has 0 aliphatic rings. The molecule has 0 bridgehead atoms. The Labute approximate surface area is 122 Å². The number of aryl methyl sites for hydroxylation is 1. The van der Waals surface area contributed by atoms with Crippen molar-refractivity contribution in [3.05, 3.63) is 58.6 Å². The molecule has 2 rings (SSSR count). The summed E-state index contributed by atoms with van der Waals surface area (Å²) in [4.78, 5) is 12.0. The summed E-state index contributed by atoms with van der Waals surface area (Å²) >= 11 is 6.05. The van der Waals surface area contributed by atoms with Crippen LogP contribution in [0.1, 0.15) is 15.9 Å². The van der Waals surface area contributed by atoms with Crippen LogP contribution in [0, 0.1) is 6.92 Å². The number of carbonyl (C=O) groups is 1. The lowest BCUT2D eigenvalue weighted by atomic mass is 9.80. The van der Waals surface area contributed by atoms with Gasteiger partial charge in [-0.05, 0) is 42.2 Å². The van der Waals surface area contributed by atoms with Gasteiger partial charge in [-0.15, -0.1) is 0 Å². The Balaban J connectivity index is 2.15. The first-order chi connectivity index (χ1) is 9.47. The number of anilines is 1. The van der Waals surface area contributed by atoms with E-state index in [1.807, 2.05) is 13.0 Å². The van der Waals surface area contributed by atoms with Gasteiger partial charge < -0.3 is 15.4 Å². The fourth-order valence-corrected chi connectivity index (χ4v) is 2.00. The first-order valence-electron chi connectivity index (χ1n) is 6.01. The van der Waals surface area contributed by atoms with Crippen LogP contribution < -0.4 is 10.8 Å². The molecule has 0 aromatic heterocycles. The minimum Gasteiger partial charge on any atom is -0.423 e. The van der Waals surface area contributed by atoms with Crippen LogP contribution in [0.4, 0.5) is 5.69 Å². The Morgan fingerprint density at radius 2 is 1.80 bits per heavy atom. The molecule has 0 radical (unpaired) electrons. The molecule has 0 aliphatic carbocycles. The van der Waals surface area contributed by atoms with Gasteiger partial charge in [0.1, 0.15) is 0 Å². The number of rotatable bonds is 3. The molecular formula is C14H13BClNO3. The Kier molecular flexibility index (Phi) is 4.44. The maximum Gasteiger partial charge on any atom is 0.488 e. The molecule has 0 unspecified atom stereocenters. The summed E-state index contributed by atoms with van der Waals surface area (Å²) in [5, 5.41) is 21.2. The highest BCUT2D eigenvalue weighted by atomic mass is 35.5. The molecule has 6 heteroatoms. The number of hydrogen-bond donors (Lipinski definition) is 3. The first-order valence-corrected chi connectivity index (χ1v) is 6.39. The van der Waals surface area contributed by atoms with Gasteiger partial charge in [-0.2, -0.15) is 0 Å². The van der Waals surface area contributed by atoms with Crippen molar-refractivity contribution in [3.63, 3.8) is 0 Å². The summed E-state index contributed by atoms with van der Waals surface area (Å²) in [5.74, 6) is -0.310. The van der Waals surface area contributed by atoms with Crippen molar-refractivity contribution in [2.45, 2.75) is 6.92 Å². The highest BCUT2D eigenvalue weighted by Crippen LogP contribution is 2.23. The van der Waals surface area contributed by atoms with E-state index in [9.17, 15) is 4.79 Å². The third kappa shape index (κ3) is 3.39. The Morgan fingerprint density at radius 3 is 2.35 bits per heavy atom. The predicted octanol–water partition coefficient (Wildman–Crippen LogP) is 1.58. The number of halogens is 1. The molecule has 0 spiro atoms. The van der Waals surface area contributed by atoms with E-state index in [4.69, 9.17) is 21.6 Å². The predicted molar refractivity (Wildman–Crippen MR) is 80.4 cm³/mol. The SMILES string of the molecule is Cc1ccc(NC(=O)c2ccc(B(O)O)cc2)c(Cl)c1. The fourth-order valence-electron chi connectivity index (χ4n) is 1.72. The Hall–Kier alpha value is -1.82. The second-order valence-electron chi connectivity index (χ2n) is 4.43. The largest absolute Gasteiger partial charge is 0.488 e. The second kappa shape index (κ2) is 6.09.